The van der Waals surface area contributed by atoms with Crippen LogP contribution in [0.3, 0.4) is 0 Å². The Bertz CT molecular complexity index is 370. The van der Waals surface area contributed by atoms with Crippen LogP contribution in [-0.4, -0.2) is 47.7 Å². The number of Topliss-reactive ketones (excluding diaryl/α,β-unsaturated/α-hetero) is 1. The maximum absolute atomic E-state index is 12.1. The van der Waals surface area contributed by atoms with Crippen molar-refractivity contribution in [1.29, 1.82) is 0 Å². The molecule has 0 bridgehead atoms. The number of hydrogen-bond donors (Lipinski definition) is 0. The van der Waals surface area contributed by atoms with Crippen LogP contribution in [0.1, 0.15) is 46.5 Å². The van der Waals surface area contributed by atoms with Gasteiger partial charge in [-0.2, -0.15) is 0 Å². The molecule has 2 aliphatic rings. The van der Waals surface area contributed by atoms with Gasteiger partial charge in [0.1, 0.15) is 11.4 Å². The molecule has 0 aromatic rings. The lowest BCUT2D eigenvalue weighted by Gasteiger charge is -2.44. The maximum Gasteiger partial charge on any atom is 0.410 e. The Morgan fingerprint density at radius 3 is 2.79 bits per heavy atom. The van der Waals surface area contributed by atoms with Crippen molar-refractivity contribution in [3.63, 3.8) is 0 Å². The average molecular weight is 269 g/mol. The molecule has 2 aliphatic heterocycles. The van der Waals surface area contributed by atoms with E-state index in [0.29, 0.717) is 32.5 Å². The molecule has 0 saturated carbocycles. The van der Waals surface area contributed by atoms with Crippen molar-refractivity contribution in [2.24, 2.45) is 0 Å². The van der Waals surface area contributed by atoms with Crippen LogP contribution >= 0.6 is 0 Å². The predicted molar refractivity (Wildman–Crippen MR) is 70.0 cm³/mol. The number of rotatable bonds is 0. The number of ketones is 1. The molecule has 0 radical (unpaired) electrons. The van der Waals surface area contributed by atoms with Crippen LogP contribution in [-0.2, 0) is 14.3 Å². The number of carbonyl (C=O) groups is 2. The molecule has 2 rings (SSSR count). The van der Waals surface area contributed by atoms with E-state index in [1.807, 2.05) is 20.8 Å². The van der Waals surface area contributed by atoms with Crippen LogP contribution in [0, 0.1) is 0 Å². The summed E-state index contributed by atoms with van der Waals surface area (Å²) in [4.78, 5) is 25.4. The van der Waals surface area contributed by atoms with Gasteiger partial charge in [0.15, 0.2) is 0 Å². The minimum Gasteiger partial charge on any atom is -0.444 e. The zero-order valence-electron chi connectivity index (χ0n) is 12.0. The van der Waals surface area contributed by atoms with E-state index in [1.165, 1.54) is 0 Å². The first-order valence-corrected chi connectivity index (χ1v) is 6.93. The van der Waals surface area contributed by atoms with E-state index in [0.717, 1.165) is 12.8 Å². The fourth-order valence-electron chi connectivity index (χ4n) is 2.72. The summed E-state index contributed by atoms with van der Waals surface area (Å²) in [6.45, 7) is 7.17. The van der Waals surface area contributed by atoms with Gasteiger partial charge in [-0.25, -0.2) is 4.79 Å². The second-order valence-corrected chi connectivity index (χ2v) is 6.50. The molecule has 19 heavy (non-hydrogen) atoms. The highest BCUT2D eigenvalue weighted by molar-refractivity contribution is 5.80. The minimum atomic E-state index is -0.495. The summed E-state index contributed by atoms with van der Waals surface area (Å²) in [5, 5.41) is 0. The van der Waals surface area contributed by atoms with Crippen molar-refractivity contribution < 1.29 is 19.1 Å². The Morgan fingerprint density at radius 2 is 2.16 bits per heavy atom. The quantitative estimate of drug-likeness (QED) is 0.676. The van der Waals surface area contributed by atoms with E-state index in [2.05, 4.69) is 0 Å². The highest BCUT2D eigenvalue weighted by Gasteiger charge is 2.42. The van der Waals surface area contributed by atoms with Crippen LogP contribution in [0.5, 0.6) is 0 Å². The third kappa shape index (κ3) is 3.69. The Labute approximate surface area is 114 Å². The topological polar surface area (TPSA) is 55.8 Å². The Hall–Kier alpha value is -1.10. The Morgan fingerprint density at radius 1 is 1.42 bits per heavy atom. The molecule has 2 heterocycles. The molecule has 108 valence electrons. The number of hydrogen-bond acceptors (Lipinski definition) is 4. The number of likely N-dealkylation sites (tertiary alicyclic amines) is 1. The van der Waals surface area contributed by atoms with Crippen LogP contribution in [0.2, 0.25) is 0 Å². The highest BCUT2D eigenvalue weighted by atomic mass is 16.6. The van der Waals surface area contributed by atoms with E-state index in [1.54, 1.807) is 4.90 Å². The molecular weight excluding hydrogens is 246 g/mol. The van der Waals surface area contributed by atoms with Crippen molar-refractivity contribution in [3.05, 3.63) is 0 Å². The standard InChI is InChI=1S/C14H23NO4/c1-13(2,3)19-12(17)15-7-4-6-14(10-15)9-11(16)5-8-18-14/h4-10H2,1-3H3. The monoisotopic (exact) mass is 269 g/mol. The van der Waals surface area contributed by atoms with Gasteiger partial charge in [0.2, 0.25) is 0 Å². The second-order valence-electron chi connectivity index (χ2n) is 6.50. The lowest BCUT2D eigenvalue weighted by atomic mass is 9.85. The van der Waals surface area contributed by atoms with Gasteiger partial charge in [0.05, 0.1) is 18.8 Å². The van der Waals surface area contributed by atoms with Crippen LogP contribution in [0.4, 0.5) is 4.79 Å². The van der Waals surface area contributed by atoms with E-state index >= 15 is 0 Å². The fourth-order valence-corrected chi connectivity index (χ4v) is 2.72. The molecule has 2 saturated heterocycles. The van der Waals surface area contributed by atoms with Gasteiger partial charge in [0, 0.05) is 19.4 Å². The van der Waals surface area contributed by atoms with E-state index in [9.17, 15) is 9.59 Å². The molecule has 1 spiro atoms. The van der Waals surface area contributed by atoms with Gasteiger partial charge in [-0.1, -0.05) is 0 Å². The summed E-state index contributed by atoms with van der Waals surface area (Å²) in [5.74, 6) is 0.234. The van der Waals surface area contributed by atoms with E-state index in [4.69, 9.17) is 9.47 Å². The van der Waals surface area contributed by atoms with Gasteiger partial charge in [-0.05, 0) is 33.6 Å². The van der Waals surface area contributed by atoms with Crippen molar-refractivity contribution in [3.8, 4) is 0 Å². The molecule has 0 aliphatic carbocycles. The van der Waals surface area contributed by atoms with Gasteiger partial charge >= 0.3 is 6.09 Å². The number of carbonyl (C=O) groups excluding carboxylic acids is 2. The Kier molecular flexibility index (Phi) is 3.85. The summed E-state index contributed by atoms with van der Waals surface area (Å²) in [5.41, 5.74) is -0.963. The third-order valence-corrected chi connectivity index (χ3v) is 3.50. The largest absolute Gasteiger partial charge is 0.444 e. The molecule has 5 heteroatoms. The van der Waals surface area contributed by atoms with Gasteiger partial charge in [-0.3, -0.25) is 4.79 Å². The third-order valence-electron chi connectivity index (χ3n) is 3.50. The average Bonchev–Trinajstić information content (AvgIpc) is 2.26. The lowest BCUT2D eigenvalue weighted by Crippen LogP contribution is -2.55. The molecule has 0 aromatic heterocycles. The zero-order chi connectivity index (χ0) is 14.1. The highest BCUT2D eigenvalue weighted by Crippen LogP contribution is 2.32. The number of ether oxygens (including phenoxy) is 2. The van der Waals surface area contributed by atoms with Crippen LogP contribution in [0.15, 0.2) is 0 Å². The van der Waals surface area contributed by atoms with Gasteiger partial charge in [0.25, 0.3) is 0 Å². The number of amides is 1. The van der Waals surface area contributed by atoms with Gasteiger partial charge < -0.3 is 14.4 Å². The molecule has 5 nitrogen and oxygen atoms in total. The number of piperidine rings is 1. The smallest absolute Gasteiger partial charge is 0.410 e. The molecule has 0 aromatic carbocycles. The SMILES string of the molecule is CC(C)(C)OC(=O)N1CCCC2(CC(=O)CCO2)C1. The molecule has 1 atom stereocenters. The van der Waals surface area contributed by atoms with E-state index in [-0.39, 0.29) is 11.9 Å². The Balaban J connectivity index is 2.00. The summed E-state index contributed by atoms with van der Waals surface area (Å²) in [6, 6.07) is 0. The van der Waals surface area contributed by atoms with Crippen molar-refractivity contribution in [2.45, 2.75) is 57.7 Å². The molecular formula is C14H23NO4. The number of nitrogens with zero attached hydrogens (tertiary/aromatic N) is 1. The van der Waals surface area contributed by atoms with Crippen molar-refractivity contribution in [2.75, 3.05) is 19.7 Å². The molecule has 1 amide bonds. The first-order chi connectivity index (χ1) is 8.80. The lowest BCUT2D eigenvalue weighted by molar-refractivity contribution is -0.148. The minimum absolute atomic E-state index is 0.234. The molecule has 2 fully saturated rings. The first kappa shape index (κ1) is 14.3. The van der Waals surface area contributed by atoms with Crippen molar-refractivity contribution in [1.82, 2.24) is 4.90 Å². The maximum atomic E-state index is 12.1. The zero-order valence-corrected chi connectivity index (χ0v) is 12.0. The summed E-state index contributed by atoms with van der Waals surface area (Å²) in [7, 11) is 0. The van der Waals surface area contributed by atoms with Crippen LogP contribution < -0.4 is 0 Å². The summed E-state index contributed by atoms with van der Waals surface area (Å²) < 4.78 is 11.2. The normalized spacial score (nSPS) is 28.6. The van der Waals surface area contributed by atoms with Crippen LogP contribution in [0.25, 0.3) is 0 Å². The van der Waals surface area contributed by atoms with Gasteiger partial charge in [-0.15, -0.1) is 0 Å². The van der Waals surface area contributed by atoms with E-state index < -0.39 is 11.2 Å². The molecule has 1 unspecified atom stereocenters. The second kappa shape index (κ2) is 5.12. The predicted octanol–water partition coefficient (Wildman–Crippen LogP) is 2.14. The summed E-state index contributed by atoms with van der Waals surface area (Å²) in [6.07, 6.45) is 2.30. The fraction of sp³-hybridized carbons (Fsp3) is 0.857. The van der Waals surface area contributed by atoms with Crippen molar-refractivity contribution >= 4 is 11.9 Å². The summed E-state index contributed by atoms with van der Waals surface area (Å²) >= 11 is 0. The molecule has 0 N–H and O–H groups in total. The first-order valence-electron chi connectivity index (χ1n) is 6.93.